The Morgan fingerprint density at radius 3 is 2.58 bits per heavy atom. The number of carbonyl (C=O) groups excluding carboxylic acids is 2. The van der Waals surface area contributed by atoms with Gasteiger partial charge in [0.1, 0.15) is 11.3 Å². The van der Waals surface area contributed by atoms with Gasteiger partial charge in [0.05, 0.1) is 7.11 Å². The van der Waals surface area contributed by atoms with Crippen LogP contribution in [0, 0.1) is 6.92 Å². The molecule has 0 unspecified atom stereocenters. The van der Waals surface area contributed by atoms with Crippen molar-refractivity contribution in [2.75, 3.05) is 19.0 Å². The molecule has 0 atom stereocenters. The molecule has 3 aromatic rings. The predicted octanol–water partition coefficient (Wildman–Crippen LogP) is 4.20. The Morgan fingerprint density at radius 2 is 1.88 bits per heavy atom. The van der Waals surface area contributed by atoms with Crippen LogP contribution in [0.5, 0.6) is 5.75 Å². The number of carbonyl (C=O) groups is 2. The van der Waals surface area contributed by atoms with E-state index in [4.69, 9.17) is 25.5 Å². The zero-order chi connectivity index (χ0) is 18.7. The first-order chi connectivity index (χ1) is 12.5. The highest BCUT2D eigenvalue weighted by Crippen LogP contribution is 2.28. The molecule has 1 amide bonds. The summed E-state index contributed by atoms with van der Waals surface area (Å²) in [5.41, 5.74) is 1.71. The molecule has 134 valence electrons. The van der Waals surface area contributed by atoms with E-state index in [1.54, 1.807) is 56.5 Å². The van der Waals surface area contributed by atoms with Gasteiger partial charge in [0.15, 0.2) is 6.61 Å². The smallest absolute Gasteiger partial charge is 0.375 e. The van der Waals surface area contributed by atoms with Gasteiger partial charge < -0.3 is 19.2 Å². The molecule has 6 nitrogen and oxygen atoms in total. The van der Waals surface area contributed by atoms with Crippen LogP contribution in [0.25, 0.3) is 11.0 Å². The van der Waals surface area contributed by atoms with Gasteiger partial charge in [-0.05, 0) is 49.4 Å². The standard InChI is InChI=1S/C19H16ClNO5/c1-11-15-9-12(20)3-8-16(15)26-18(11)19(23)25-10-17(22)21-13-4-6-14(24-2)7-5-13/h3-9H,10H2,1-2H3,(H,21,22). The van der Waals surface area contributed by atoms with Gasteiger partial charge >= 0.3 is 5.97 Å². The molecular formula is C19H16ClNO5. The lowest BCUT2D eigenvalue weighted by Gasteiger charge is -2.07. The monoisotopic (exact) mass is 373 g/mol. The van der Waals surface area contributed by atoms with Gasteiger partial charge in [-0.1, -0.05) is 11.6 Å². The number of aryl methyl sites for hydroxylation is 1. The van der Waals surface area contributed by atoms with Gasteiger partial charge in [-0.15, -0.1) is 0 Å². The van der Waals surface area contributed by atoms with E-state index in [0.29, 0.717) is 27.6 Å². The summed E-state index contributed by atoms with van der Waals surface area (Å²) in [6.45, 7) is 1.30. The summed E-state index contributed by atoms with van der Waals surface area (Å²) in [4.78, 5) is 24.2. The first kappa shape index (κ1) is 17.8. The third-order valence-electron chi connectivity index (χ3n) is 3.79. The van der Waals surface area contributed by atoms with Gasteiger partial charge in [0, 0.05) is 21.7 Å². The van der Waals surface area contributed by atoms with E-state index in [0.717, 1.165) is 5.39 Å². The maximum absolute atomic E-state index is 12.2. The first-order valence-corrected chi connectivity index (χ1v) is 8.15. The molecule has 0 bridgehead atoms. The molecule has 7 heteroatoms. The number of esters is 1. The molecule has 0 fully saturated rings. The Bertz CT molecular complexity index is 962. The second kappa shape index (κ2) is 7.49. The third-order valence-corrected chi connectivity index (χ3v) is 4.03. The average Bonchev–Trinajstić information content (AvgIpc) is 2.97. The third kappa shape index (κ3) is 3.81. The molecule has 3 rings (SSSR count). The summed E-state index contributed by atoms with van der Waals surface area (Å²) in [6, 6.07) is 11.9. The highest BCUT2D eigenvalue weighted by atomic mass is 35.5. The number of ether oxygens (including phenoxy) is 2. The number of halogens is 1. The molecule has 1 heterocycles. The van der Waals surface area contributed by atoms with Crippen LogP contribution < -0.4 is 10.1 Å². The molecular weight excluding hydrogens is 358 g/mol. The molecule has 0 spiro atoms. The van der Waals surface area contributed by atoms with Crippen molar-refractivity contribution in [3.05, 3.63) is 58.8 Å². The van der Waals surface area contributed by atoms with Crippen LogP contribution in [0.2, 0.25) is 5.02 Å². The van der Waals surface area contributed by atoms with Crippen LogP contribution in [0.15, 0.2) is 46.9 Å². The van der Waals surface area contributed by atoms with Crippen LogP contribution >= 0.6 is 11.6 Å². The Hall–Kier alpha value is -2.99. The highest BCUT2D eigenvalue weighted by molar-refractivity contribution is 6.31. The summed E-state index contributed by atoms with van der Waals surface area (Å²) < 4.78 is 15.6. The Labute approximate surface area is 154 Å². The number of methoxy groups -OCH3 is 1. The zero-order valence-electron chi connectivity index (χ0n) is 14.2. The van der Waals surface area contributed by atoms with Crippen molar-refractivity contribution in [3.63, 3.8) is 0 Å². The fraction of sp³-hybridized carbons (Fsp3) is 0.158. The van der Waals surface area contributed by atoms with E-state index in [-0.39, 0.29) is 5.76 Å². The van der Waals surface area contributed by atoms with Crippen molar-refractivity contribution in [1.29, 1.82) is 0 Å². The van der Waals surface area contributed by atoms with Gasteiger partial charge in [0.25, 0.3) is 5.91 Å². The van der Waals surface area contributed by atoms with E-state index in [2.05, 4.69) is 5.32 Å². The topological polar surface area (TPSA) is 77.8 Å². The van der Waals surface area contributed by atoms with Gasteiger partial charge in [0.2, 0.25) is 5.76 Å². The van der Waals surface area contributed by atoms with Crippen LogP contribution in [-0.2, 0) is 9.53 Å². The van der Waals surface area contributed by atoms with E-state index in [1.807, 2.05) is 0 Å². The molecule has 26 heavy (non-hydrogen) atoms. The highest BCUT2D eigenvalue weighted by Gasteiger charge is 2.20. The number of hydrogen-bond acceptors (Lipinski definition) is 5. The SMILES string of the molecule is COc1ccc(NC(=O)COC(=O)c2oc3ccc(Cl)cc3c2C)cc1. The minimum Gasteiger partial charge on any atom is -0.497 e. The van der Waals surface area contributed by atoms with Crippen molar-refractivity contribution in [2.45, 2.75) is 6.92 Å². The first-order valence-electron chi connectivity index (χ1n) is 7.77. The second-order valence-electron chi connectivity index (χ2n) is 5.55. The minimum absolute atomic E-state index is 0.0551. The fourth-order valence-electron chi connectivity index (χ4n) is 2.46. The maximum atomic E-state index is 12.2. The predicted molar refractivity (Wildman–Crippen MR) is 97.9 cm³/mol. The maximum Gasteiger partial charge on any atom is 0.375 e. The molecule has 1 aromatic heterocycles. The Kier molecular flexibility index (Phi) is 5.14. The number of rotatable bonds is 5. The number of fused-ring (bicyclic) bond motifs is 1. The van der Waals surface area contributed by atoms with Crippen molar-refractivity contribution < 1.29 is 23.5 Å². The summed E-state index contributed by atoms with van der Waals surface area (Å²) in [7, 11) is 1.56. The van der Waals surface area contributed by atoms with Crippen molar-refractivity contribution in [3.8, 4) is 5.75 Å². The number of amides is 1. The van der Waals surface area contributed by atoms with Crippen molar-refractivity contribution >= 4 is 40.1 Å². The molecule has 0 saturated carbocycles. The normalized spacial score (nSPS) is 10.6. The summed E-state index contributed by atoms with van der Waals surface area (Å²) in [6.07, 6.45) is 0. The molecule has 1 N–H and O–H groups in total. The fourth-order valence-corrected chi connectivity index (χ4v) is 2.63. The number of benzene rings is 2. The van der Waals surface area contributed by atoms with Crippen LogP contribution in [0.4, 0.5) is 5.69 Å². The Balaban J connectivity index is 1.63. The van der Waals surface area contributed by atoms with Gasteiger partial charge in [-0.25, -0.2) is 4.79 Å². The average molecular weight is 374 g/mol. The molecule has 0 radical (unpaired) electrons. The van der Waals surface area contributed by atoms with E-state index < -0.39 is 18.5 Å². The molecule has 0 saturated heterocycles. The zero-order valence-corrected chi connectivity index (χ0v) is 14.9. The van der Waals surface area contributed by atoms with Gasteiger partial charge in [-0.2, -0.15) is 0 Å². The van der Waals surface area contributed by atoms with Crippen LogP contribution in [0.1, 0.15) is 16.1 Å². The molecule has 0 aliphatic carbocycles. The lowest BCUT2D eigenvalue weighted by molar-refractivity contribution is -0.119. The number of anilines is 1. The van der Waals surface area contributed by atoms with E-state index in [9.17, 15) is 9.59 Å². The lowest BCUT2D eigenvalue weighted by Crippen LogP contribution is -2.21. The summed E-state index contributed by atoms with van der Waals surface area (Å²) >= 11 is 5.96. The quantitative estimate of drug-likeness (QED) is 0.678. The second-order valence-corrected chi connectivity index (χ2v) is 5.99. The van der Waals surface area contributed by atoms with Gasteiger partial charge in [-0.3, -0.25) is 4.79 Å². The van der Waals surface area contributed by atoms with Crippen molar-refractivity contribution in [2.24, 2.45) is 0 Å². The summed E-state index contributed by atoms with van der Waals surface area (Å²) in [5.74, 6) is -0.436. The Morgan fingerprint density at radius 1 is 1.15 bits per heavy atom. The van der Waals surface area contributed by atoms with Crippen LogP contribution in [-0.4, -0.2) is 25.6 Å². The van der Waals surface area contributed by atoms with E-state index in [1.165, 1.54) is 0 Å². The molecule has 0 aliphatic rings. The van der Waals surface area contributed by atoms with E-state index >= 15 is 0 Å². The number of nitrogens with one attached hydrogen (secondary N) is 1. The lowest BCUT2D eigenvalue weighted by atomic mass is 10.1. The summed E-state index contributed by atoms with van der Waals surface area (Å²) in [5, 5.41) is 3.90. The number of hydrogen-bond donors (Lipinski definition) is 1. The van der Waals surface area contributed by atoms with Crippen LogP contribution in [0.3, 0.4) is 0 Å². The van der Waals surface area contributed by atoms with Crippen molar-refractivity contribution in [1.82, 2.24) is 0 Å². The number of furan rings is 1. The molecule has 0 aliphatic heterocycles. The molecule has 2 aromatic carbocycles. The minimum atomic E-state index is -0.709. The largest absolute Gasteiger partial charge is 0.497 e.